The summed E-state index contributed by atoms with van der Waals surface area (Å²) in [5, 5.41) is 4.03. The summed E-state index contributed by atoms with van der Waals surface area (Å²) in [6.45, 7) is 4.67. The number of hydrogen-bond donors (Lipinski definition) is 2. The van der Waals surface area contributed by atoms with Gasteiger partial charge in [-0.05, 0) is 29.1 Å². The van der Waals surface area contributed by atoms with Crippen molar-refractivity contribution in [1.82, 2.24) is 29.7 Å². The molecular formula is C26H28N6O2. The molecule has 4 aromatic rings. The zero-order valence-electron chi connectivity index (χ0n) is 18.9. The van der Waals surface area contributed by atoms with Crippen LogP contribution in [0.4, 0.5) is 0 Å². The number of carbonyl (C=O) groups is 2. The average molecular weight is 457 g/mol. The van der Waals surface area contributed by atoms with Gasteiger partial charge in [-0.25, -0.2) is 4.98 Å². The SMILES string of the molecule is O=C(N[C@@H](C(=O)N1CCN(CCn2ccnc2)CC1)c1ccccc1)c1ccc2cc[nH]c2c1. The molecule has 0 unspecified atom stereocenters. The molecule has 8 nitrogen and oxygen atoms in total. The van der Waals surface area contributed by atoms with Gasteiger partial charge in [-0.15, -0.1) is 0 Å². The van der Waals surface area contributed by atoms with E-state index in [-0.39, 0.29) is 11.8 Å². The number of fused-ring (bicyclic) bond motifs is 1. The number of carbonyl (C=O) groups excluding carboxylic acids is 2. The van der Waals surface area contributed by atoms with Crippen LogP contribution in [0.25, 0.3) is 10.9 Å². The summed E-state index contributed by atoms with van der Waals surface area (Å²) in [6.07, 6.45) is 7.41. The topological polar surface area (TPSA) is 86.3 Å². The number of aromatic amines is 1. The molecular weight excluding hydrogens is 428 g/mol. The van der Waals surface area contributed by atoms with Gasteiger partial charge in [-0.1, -0.05) is 36.4 Å². The first-order chi connectivity index (χ1) is 16.7. The van der Waals surface area contributed by atoms with Gasteiger partial charge in [-0.2, -0.15) is 0 Å². The van der Waals surface area contributed by atoms with Gasteiger partial charge in [0.25, 0.3) is 5.91 Å². The smallest absolute Gasteiger partial charge is 0.252 e. The Morgan fingerprint density at radius 2 is 1.82 bits per heavy atom. The second kappa shape index (κ2) is 9.93. The predicted octanol–water partition coefficient (Wildman–Crippen LogP) is 2.68. The lowest BCUT2D eigenvalue weighted by Crippen LogP contribution is -2.52. The summed E-state index contributed by atoms with van der Waals surface area (Å²) < 4.78 is 2.06. The molecule has 0 aliphatic carbocycles. The molecule has 1 fully saturated rings. The quantitative estimate of drug-likeness (QED) is 0.448. The molecule has 0 radical (unpaired) electrons. The lowest BCUT2D eigenvalue weighted by Gasteiger charge is -2.36. The minimum absolute atomic E-state index is 0.0743. The van der Waals surface area contributed by atoms with Crippen LogP contribution in [0.15, 0.2) is 79.5 Å². The van der Waals surface area contributed by atoms with Crippen LogP contribution >= 0.6 is 0 Å². The molecule has 2 aromatic carbocycles. The number of nitrogens with zero attached hydrogens (tertiary/aromatic N) is 4. The Hall–Kier alpha value is -3.91. The van der Waals surface area contributed by atoms with Crippen LogP contribution in [0.1, 0.15) is 22.0 Å². The van der Waals surface area contributed by atoms with E-state index in [0.29, 0.717) is 18.7 Å². The van der Waals surface area contributed by atoms with Gasteiger partial charge in [-0.3, -0.25) is 14.5 Å². The first-order valence-electron chi connectivity index (χ1n) is 11.6. The van der Waals surface area contributed by atoms with Gasteiger partial charge in [0.05, 0.1) is 6.33 Å². The molecule has 1 atom stereocenters. The fourth-order valence-corrected chi connectivity index (χ4v) is 4.39. The molecule has 2 aromatic heterocycles. The Morgan fingerprint density at radius 1 is 1.00 bits per heavy atom. The Morgan fingerprint density at radius 3 is 2.59 bits per heavy atom. The molecule has 0 saturated carbocycles. The molecule has 1 saturated heterocycles. The van der Waals surface area contributed by atoms with Crippen molar-refractivity contribution in [2.24, 2.45) is 0 Å². The van der Waals surface area contributed by atoms with Gasteiger partial charge < -0.3 is 19.8 Å². The Balaban J connectivity index is 1.26. The Kier molecular flexibility index (Phi) is 6.40. The molecule has 174 valence electrons. The fourth-order valence-electron chi connectivity index (χ4n) is 4.39. The maximum absolute atomic E-state index is 13.6. The van der Waals surface area contributed by atoms with E-state index in [9.17, 15) is 9.59 Å². The van der Waals surface area contributed by atoms with Crippen molar-refractivity contribution in [2.75, 3.05) is 32.7 Å². The van der Waals surface area contributed by atoms with Gasteiger partial charge in [0.1, 0.15) is 6.04 Å². The lowest BCUT2D eigenvalue weighted by molar-refractivity contribution is -0.135. The van der Waals surface area contributed by atoms with Crippen molar-refractivity contribution >= 4 is 22.7 Å². The van der Waals surface area contributed by atoms with Gasteiger partial charge in [0.2, 0.25) is 5.91 Å². The number of imidazole rings is 1. The van der Waals surface area contributed by atoms with Crippen LogP contribution in [0.5, 0.6) is 0 Å². The largest absolute Gasteiger partial charge is 0.361 e. The number of piperazine rings is 1. The van der Waals surface area contributed by atoms with E-state index in [0.717, 1.165) is 42.6 Å². The summed E-state index contributed by atoms with van der Waals surface area (Å²) in [7, 11) is 0. The normalized spacial score (nSPS) is 15.4. The maximum Gasteiger partial charge on any atom is 0.252 e. The molecule has 1 aliphatic rings. The zero-order chi connectivity index (χ0) is 23.3. The molecule has 0 bridgehead atoms. The highest BCUT2D eigenvalue weighted by Crippen LogP contribution is 2.20. The highest BCUT2D eigenvalue weighted by Gasteiger charge is 2.30. The molecule has 0 spiro atoms. The van der Waals surface area contributed by atoms with E-state index in [1.807, 2.05) is 72.2 Å². The highest BCUT2D eigenvalue weighted by atomic mass is 16.2. The summed E-state index contributed by atoms with van der Waals surface area (Å²) in [6, 6.07) is 16.2. The monoisotopic (exact) mass is 456 g/mol. The summed E-state index contributed by atoms with van der Waals surface area (Å²) >= 11 is 0. The molecule has 2 amide bonds. The fraction of sp³-hybridized carbons (Fsp3) is 0.269. The molecule has 8 heteroatoms. The Bertz CT molecular complexity index is 1240. The molecule has 34 heavy (non-hydrogen) atoms. The molecule has 3 heterocycles. The highest BCUT2D eigenvalue weighted by molar-refractivity contribution is 6.00. The van der Waals surface area contributed by atoms with Gasteiger partial charge in [0, 0.05) is 68.9 Å². The number of nitrogens with one attached hydrogen (secondary N) is 2. The number of rotatable bonds is 7. The predicted molar refractivity (Wildman–Crippen MR) is 130 cm³/mol. The van der Waals surface area contributed by atoms with Crippen LogP contribution in [0.3, 0.4) is 0 Å². The number of benzene rings is 2. The number of aromatic nitrogens is 3. The number of hydrogen-bond acceptors (Lipinski definition) is 4. The lowest BCUT2D eigenvalue weighted by atomic mass is 10.0. The molecule has 1 aliphatic heterocycles. The zero-order valence-corrected chi connectivity index (χ0v) is 18.9. The van der Waals surface area contributed by atoms with Crippen LogP contribution in [-0.4, -0.2) is 68.9 Å². The minimum atomic E-state index is -0.731. The van der Waals surface area contributed by atoms with Crippen molar-refractivity contribution in [2.45, 2.75) is 12.6 Å². The summed E-state index contributed by atoms with van der Waals surface area (Å²) in [5.74, 6) is -0.340. The van der Waals surface area contributed by atoms with E-state index in [1.165, 1.54) is 0 Å². The van der Waals surface area contributed by atoms with E-state index in [1.54, 1.807) is 12.3 Å². The van der Waals surface area contributed by atoms with Crippen molar-refractivity contribution < 1.29 is 9.59 Å². The number of H-pyrrole nitrogens is 1. The van der Waals surface area contributed by atoms with E-state index in [2.05, 4.69) is 24.8 Å². The third-order valence-electron chi connectivity index (χ3n) is 6.39. The van der Waals surface area contributed by atoms with Crippen molar-refractivity contribution in [3.8, 4) is 0 Å². The Labute approximate surface area is 198 Å². The van der Waals surface area contributed by atoms with Gasteiger partial charge >= 0.3 is 0 Å². The van der Waals surface area contributed by atoms with Crippen molar-refractivity contribution in [3.05, 3.63) is 90.6 Å². The first-order valence-corrected chi connectivity index (χ1v) is 11.6. The van der Waals surface area contributed by atoms with Crippen molar-refractivity contribution in [3.63, 3.8) is 0 Å². The van der Waals surface area contributed by atoms with E-state index in [4.69, 9.17) is 0 Å². The molecule has 2 N–H and O–H groups in total. The third-order valence-corrected chi connectivity index (χ3v) is 6.39. The second-order valence-corrected chi connectivity index (χ2v) is 8.56. The molecule has 5 rings (SSSR count). The standard InChI is InChI=1S/C26H28N6O2/c33-25(22-7-6-20-8-9-28-23(20)18-22)29-24(21-4-2-1-3-5-21)26(34)32-16-14-30(15-17-32)12-13-31-11-10-27-19-31/h1-11,18-19,24,28H,12-17H2,(H,29,33)/t24-/m1/s1. The summed E-state index contributed by atoms with van der Waals surface area (Å²) in [5.41, 5.74) is 2.19. The third kappa shape index (κ3) is 4.87. The first kappa shape index (κ1) is 21.9. The summed E-state index contributed by atoms with van der Waals surface area (Å²) in [4.78, 5) is 38.1. The van der Waals surface area contributed by atoms with Gasteiger partial charge in [0.15, 0.2) is 0 Å². The van der Waals surface area contributed by atoms with Crippen LogP contribution < -0.4 is 5.32 Å². The van der Waals surface area contributed by atoms with Crippen LogP contribution in [-0.2, 0) is 11.3 Å². The minimum Gasteiger partial charge on any atom is -0.361 e. The maximum atomic E-state index is 13.6. The van der Waals surface area contributed by atoms with Crippen LogP contribution in [0, 0.1) is 0 Å². The van der Waals surface area contributed by atoms with E-state index >= 15 is 0 Å². The number of amides is 2. The average Bonchev–Trinajstić information content (AvgIpc) is 3.58. The second-order valence-electron chi connectivity index (χ2n) is 8.56. The van der Waals surface area contributed by atoms with Crippen LogP contribution in [0.2, 0.25) is 0 Å². The van der Waals surface area contributed by atoms with Crippen molar-refractivity contribution in [1.29, 1.82) is 0 Å². The van der Waals surface area contributed by atoms with E-state index < -0.39 is 6.04 Å².